The number of nitrogens with zero attached hydrogens (tertiary/aromatic N) is 4. The molecule has 0 aliphatic rings. The number of aromatic nitrogens is 4. The van der Waals surface area contributed by atoms with Crippen molar-refractivity contribution >= 4 is 38.9 Å². The Bertz CT molecular complexity index is 970. The van der Waals surface area contributed by atoms with Crippen LogP contribution in [-0.2, 0) is 10.0 Å². The molecule has 0 atom stereocenters. The maximum absolute atomic E-state index is 12.6. The van der Waals surface area contributed by atoms with Crippen LogP contribution in [0.1, 0.15) is 5.56 Å². The zero-order valence-corrected chi connectivity index (χ0v) is 14.6. The second kappa shape index (κ2) is 6.39. The molecule has 3 rings (SSSR count). The second-order valence-corrected chi connectivity index (χ2v) is 7.47. The van der Waals surface area contributed by atoms with Crippen molar-refractivity contribution in [2.24, 2.45) is 0 Å². The normalized spacial score (nSPS) is 11.5. The average Bonchev–Trinajstić information content (AvgIpc) is 3.02. The standard InChI is InChI=1S/C14H11Cl2N5O2S/c1-9-13(3-2-4-14(9)21-8-17-19-20-21)18-24(22,23)12-6-10(15)5-11(16)7-12/h2-8,18H,1H3. The molecule has 0 spiro atoms. The Morgan fingerprint density at radius 1 is 1.12 bits per heavy atom. The van der Waals surface area contributed by atoms with E-state index in [2.05, 4.69) is 20.2 Å². The van der Waals surface area contributed by atoms with E-state index in [0.29, 0.717) is 16.9 Å². The molecule has 0 amide bonds. The predicted octanol–water partition coefficient (Wildman–Crippen LogP) is 3.08. The van der Waals surface area contributed by atoms with Crippen molar-refractivity contribution in [2.75, 3.05) is 4.72 Å². The lowest BCUT2D eigenvalue weighted by Gasteiger charge is -2.13. The molecule has 0 saturated carbocycles. The van der Waals surface area contributed by atoms with E-state index in [-0.39, 0.29) is 14.9 Å². The number of anilines is 1. The molecule has 0 aliphatic heterocycles. The van der Waals surface area contributed by atoms with Crippen LogP contribution in [0.3, 0.4) is 0 Å². The number of benzene rings is 2. The zero-order chi connectivity index (χ0) is 17.3. The van der Waals surface area contributed by atoms with E-state index in [0.717, 1.165) is 0 Å². The summed E-state index contributed by atoms with van der Waals surface area (Å²) in [4.78, 5) is -0.0211. The van der Waals surface area contributed by atoms with Gasteiger partial charge < -0.3 is 0 Å². The summed E-state index contributed by atoms with van der Waals surface area (Å²) in [6, 6.07) is 9.25. The average molecular weight is 384 g/mol. The van der Waals surface area contributed by atoms with E-state index in [1.54, 1.807) is 25.1 Å². The number of tetrazole rings is 1. The maximum Gasteiger partial charge on any atom is 0.262 e. The van der Waals surface area contributed by atoms with E-state index in [4.69, 9.17) is 23.2 Å². The van der Waals surface area contributed by atoms with Crippen LogP contribution < -0.4 is 4.72 Å². The first kappa shape index (κ1) is 16.7. The van der Waals surface area contributed by atoms with E-state index in [9.17, 15) is 8.42 Å². The molecule has 1 aromatic heterocycles. The fourth-order valence-corrected chi connectivity index (χ4v) is 3.99. The van der Waals surface area contributed by atoms with Crippen molar-refractivity contribution in [1.29, 1.82) is 0 Å². The van der Waals surface area contributed by atoms with Crippen LogP contribution in [-0.4, -0.2) is 28.6 Å². The van der Waals surface area contributed by atoms with E-state index in [1.165, 1.54) is 29.2 Å². The van der Waals surface area contributed by atoms with Crippen molar-refractivity contribution in [1.82, 2.24) is 20.2 Å². The highest BCUT2D eigenvalue weighted by molar-refractivity contribution is 7.92. The minimum Gasteiger partial charge on any atom is -0.279 e. The van der Waals surface area contributed by atoms with Gasteiger partial charge in [-0.05, 0) is 53.2 Å². The van der Waals surface area contributed by atoms with Crippen molar-refractivity contribution < 1.29 is 8.42 Å². The molecule has 0 fully saturated rings. The van der Waals surface area contributed by atoms with Gasteiger partial charge in [-0.15, -0.1) is 5.10 Å². The number of nitrogens with one attached hydrogen (secondary N) is 1. The van der Waals surface area contributed by atoms with E-state index < -0.39 is 10.0 Å². The first-order chi connectivity index (χ1) is 11.4. The topological polar surface area (TPSA) is 89.8 Å². The van der Waals surface area contributed by atoms with Crippen LogP contribution in [0.2, 0.25) is 10.0 Å². The van der Waals surface area contributed by atoms with Crippen molar-refractivity contribution in [3.8, 4) is 5.69 Å². The van der Waals surface area contributed by atoms with Crippen LogP contribution in [0.5, 0.6) is 0 Å². The Labute approximate surface area is 148 Å². The van der Waals surface area contributed by atoms with Gasteiger partial charge in [-0.3, -0.25) is 4.72 Å². The Balaban J connectivity index is 2.00. The largest absolute Gasteiger partial charge is 0.279 e. The molecule has 1 N–H and O–H groups in total. The summed E-state index contributed by atoms with van der Waals surface area (Å²) in [6.45, 7) is 1.76. The van der Waals surface area contributed by atoms with Gasteiger partial charge in [-0.1, -0.05) is 29.3 Å². The molecule has 1 heterocycles. The van der Waals surface area contributed by atoms with Crippen LogP contribution >= 0.6 is 23.2 Å². The Morgan fingerprint density at radius 3 is 2.46 bits per heavy atom. The van der Waals surface area contributed by atoms with Crippen LogP contribution in [0.25, 0.3) is 5.69 Å². The highest BCUT2D eigenvalue weighted by Gasteiger charge is 2.18. The highest BCUT2D eigenvalue weighted by atomic mass is 35.5. The fourth-order valence-electron chi connectivity index (χ4n) is 2.14. The second-order valence-electron chi connectivity index (χ2n) is 4.91. The van der Waals surface area contributed by atoms with Gasteiger partial charge in [-0.2, -0.15) is 0 Å². The number of hydrogen-bond acceptors (Lipinski definition) is 5. The lowest BCUT2D eigenvalue weighted by atomic mass is 10.1. The van der Waals surface area contributed by atoms with Crippen LogP contribution in [0.4, 0.5) is 5.69 Å². The fraction of sp³-hybridized carbons (Fsp3) is 0.0714. The van der Waals surface area contributed by atoms with Gasteiger partial charge in [0.15, 0.2) is 0 Å². The van der Waals surface area contributed by atoms with Crippen molar-refractivity contribution in [3.05, 3.63) is 58.3 Å². The molecule has 0 bridgehead atoms. The van der Waals surface area contributed by atoms with E-state index in [1.807, 2.05) is 0 Å². The molecule has 124 valence electrons. The number of halogens is 2. The minimum absolute atomic E-state index is 0.0211. The summed E-state index contributed by atoms with van der Waals surface area (Å²) in [6.07, 6.45) is 1.43. The summed E-state index contributed by atoms with van der Waals surface area (Å²) in [5.74, 6) is 0. The van der Waals surface area contributed by atoms with Crippen LogP contribution in [0, 0.1) is 6.92 Å². The monoisotopic (exact) mass is 383 g/mol. The van der Waals surface area contributed by atoms with Gasteiger partial charge in [0.05, 0.1) is 16.3 Å². The third-order valence-electron chi connectivity index (χ3n) is 3.29. The van der Waals surface area contributed by atoms with Gasteiger partial charge in [0.25, 0.3) is 10.0 Å². The SMILES string of the molecule is Cc1c(NS(=O)(=O)c2cc(Cl)cc(Cl)c2)cccc1-n1cnnn1. The molecule has 2 aromatic carbocycles. The summed E-state index contributed by atoms with van der Waals surface area (Å²) < 4.78 is 29.1. The summed E-state index contributed by atoms with van der Waals surface area (Å²) in [5.41, 5.74) is 1.73. The molecule has 0 saturated heterocycles. The first-order valence-electron chi connectivity index (χ1n) is 6.69. The summed E-state index contributed by atoms with van der Waals surface area (Å²) >= 11 is 11.8. The minimum atomic E-state index is -3.85. The van der Waals surface area contributed by atoms with Crippen molar-refractivity contribution in [3.63, 3.8) is 0 Å². The van der Waals surface area contributed by atoms with Gasteiger partial charge in [0.1, 0.15) is 6.33 Å². The lowest BCUT2D eigenvalue weighted by Crippen LogP contribution is -2.14. The maximum atomic E-state index is 12.6. The molecule has 0 aliphatic carbocycles. The molecule has 10 heteroatoms. The number of sulfonamides is 1. The molecule has 0 unspecified atom stereocenters. The molecule has 0 radical (unpaired) electrons. The molecule has 7 nitrogen and oxygen atoms in total. The third-order valence-corrected chi connectivity index (χ3v) is 5.07. The molecular weight excluding hydrogens is 373 g/mol. The molecular formula is C14H11Cl2N5O2S. The Kier molecular flexibility index (Phi) is 4.44. The van der Waals surface area contributed by atoms with Gasteiger partial charge in [-0.25, -0.2) is 13.1 Å². The van der Waals surface area contributed by atoms with Gasteiger partial charge in [0.2, 0.25) is 0 Å². The van der Waals surface area contributed by atoms with Crippen LogP contribution in [0.15, 0.2) is 47.6 Å². The number of hydrogen-bond donors (Lipinski definition) is 1. The Morgan fingerprint density at radius 2 is 1.83 bits per heavy atom. The molecule has 24 heavy (non-hydrogen) atoms. The third kappa shape index (κ3) is 3.35. The summed E-state index contributed by atoms with van der Waals surface area (Å²) in [5, 5.41) is 11.4. The highest BCUT2D eigenvalue weighted by Crippen LogP contribution is 2.27. The summed E-state index contributed by atoms with van der Waals surface area (Å²) in [7, 11) is -3.85. The number of rotatable bonds is 4. The van der Waals surface area contributed by atoms with Crippen molar-refractivity contribution in [2.45, 2.75) is 11.8 Å². The lowest BCUT2D eigenvalue weighted by molar-refractivity contribution is 0.601. The van der Waals surface area contributed by atoms with Gasteiger partial charge in [0, 0.05) is 10.0 Å². The Hall–Kier alpha value is -2.16. The quantitative estimate of drug-likeness (QED) is 0.747. The zero-order valence-electron chi connectivity index (χ0n) is 12.3. The first-order valence-corrected chi connectivity index (χ1v) is 8.92. The van der Waals surface area contributed by atoms with E-state index >= 15 is 0 Å². The van der Waals surface area contributed by atoms with Gasteiger partial charge >= 0.3 is 0 Å². The predicted molar refractivity (Wildman–Crippen MR) is 91.2 cm³/mol. The molecule has 3 aromatic rings. The smallest absolute Gasteiger partial charge is 0.262 e.